The number of ether oxygens (including phenoxy) is 1. The molecule has 0 aromatic carbocycles. The SMILES string of the molecule is CC[C@H](C)/C=C(C)\C=C\C1=CC2=C(Cl)C(=O)[C@](C)(OC(C)=O)C(=O)C2=CN1CCO. The number of esters is 1. The number of carbonyl (C=O) groups is 3. The van der Waals surface area contributed by atoms with Crippen LogP contribution in [0.1, 0.15) is 41.0 Å². The number of hydrogen-bond acceptors (Lipinski definition) is 6. The van der Waals surface area contributed by atoms with Gasteiger partial charge in [-0.2, -0.15) is 0 Å². The molecule has 0 unspecified atom stereocenters. The maximum Gasteiger partial charge on any atom is 0.304 e. The first-order valence-electron chi connectivity index (χ1n) is 9.92. The standard InChI is InChI=1S/C23H28ClNO5/c1-6-14(2)11-15(3)7-8-17-12-18-19(13-25(17)9-10-26)21(28)23(5,30-16(4)27)22(29)20(18)24/h7-8,11-14,26H,6,9-10H2,1-5H3/b8-7+,15-11-/t14-,23+/m0/s1. The second kappa shape index (κ2) is 9.58. The average Bonchev–Trinajstić information content (AvgIpc) is 2.69. The number of fused-ring (bicyclic) bond motifs is 1. The summed E-state index contributed by atoms with van der Waals surface area (Å²) in [7, 11) is 0. The molecule has 2 aliphatic rings. The van der Waals surface area contributed by atoms with Gasteiger partial charge in [-0.25, -0.2) is 0 Å². The van der Waals surface area contributed by atoms with E-state index in [1.54, 1.807) is 11.0 Å². The van der Waals surface area contributed by atoms with Gasteiger partial charge in [0.05, 0.1) is 11.6 Å². The third kappa shape index (κ3) is 4.82. The smallest absolute Gasteiger partial charge is 0.304 e. The topological polar surface area (TPSA) is 83.9 Å². The summed E-state index contributed by atoms with van der Waals surface area (Å²) in [5.74, 6) is -1.70. The van der Waals surface area contributed by atoms with Crippen molar-refractivity contribution < 1.29 is 24.2 Å². The first-order valence-corrected chi connectivity index (χ1v) is 10.3. The maximum absolute atomic E-state index is 13.0. The molecule has 0 fully saturated rings. The molecule has 1 aliphatic heterocycles. The van der Waals surface area contributed by atoms with Crippen LogP contribution in [0.5, 0.6) is 0 Å². The predicted octanol–water partition coefficient (Wildman–Crippen LogP) is 3.58. The van der Waals surface area contributed by atoms with E-state index in [-0.39, 0.29) is 29.3 Å². The summed E-state index contributed by atoms with van der Waals surface area (Å²) >= 11 is 6.31. The predicted molar refractivity (Wildman–Crippen MR) is 115 cm³/mol. The van der Waals surface area contributed by atoms with E-state index in [0.717, 1.165) is 18.9 Å². The molecule has 0 amide bonds. The van der Waals surface area contributed by atoms with Gasteiger partial charge in [-0.1, -0.05) is 49.6 Å². The Balaban J connectivity index is 2.52. The minimum absolute atomic E-state index is 0.141. The van der Waals surface area contributed by atoms with Crippen LogP contribution in [-0.4, -0.2) is 46.3 Å². The molecule has 0 aromatic rings. The normalized spacial score (nSPS) is 23.4. The van der Waals surface area contributed by atoms with E-state index in [9.17, 15) is 19.5 Å². The van der Waals surface area contributed by atoms with Crippen LogP contribution in [0.4, 0.5) is 0 Å². The van der Waals surface area contributed by atoms with Gasteiger partial charge in [-0.3, -0.25) is 14.4 Å². The van der Waals surface area contributed by atoms with Gasteiger partial charge >= 0.3 is 5.97 Å². The Bertz CT molecular complexity index is 909. The van der Waals surface area contributed by atoms with Crippen molar-refractivity contribution in [2.75, 3.05) is 13.2 Å². The van der Waals surface area contributed by atoms with Crippen molar-refractivity contribution in [3.8, 4) is 0 Å². The Labute approximate surface area is 182 Å². The number of aliphatic hydroxyl groups excluding tert-OH is 1. The monoisotopic (exact) mass is 433 g/mol. The zero-order chi connectivity index (χ0) is 22.6. The van der Waals surface area contributed by atoms with Gasteiger partial charge in [0.25, 0.3) is 0 Å². The van der Waals surface area contributed by atoms with Crippen molar-refractivity contribution in [3.05, 3.63) is 58.0 Å². The summed E-state index contributed by atoms with van der Waals surface area (Å²) in [4.78, 5) is 39.0. The Morgan fingerprint density at radius 2 is 2.00 bits per heavy atom. The van der Waals surface area contributed by atoms with E-state index in [1.165, 1.54) is 13.1 Å². The third-order valence-corrected chi connectivity index (χ3v) is 5.52. The molecule has 162 valence electrons. The number of aliphatic hydroxyl groups is 1. The zero-order valence-electron chi connectivity index (χ0n) is 18.0. The molecule has 0 radical (unpaired) electrons. The summed E-state index contributed by atoms with van der Waals surface area (Å²) in [6, 6.07) is 0. The van der Waals surface area contributed by atoms with Crippen molar-refractivity contribution in [3.63, 3.8) is 0 Å². The molecule has 2 rings (SSSR count). The molecule has 1 N–H and O–H groups in total. The van der Waals surface area contributed by atoms with Gasteiger partial charge < -0.3 is 14.7 Å². The zero-order valence-corrected chi connectivity index (χ0v) is 18.7. The van der Waals surface area contributed by atoms with E-state index in [2.05, 4.69) is 19.9 Å². The molecular formula is C23H28ClNO5. The van der Waals surface area contributed by atoms with Gasteiger partial charge in [0.1, 0.15) is 0 Å². The molecule has 1 heterocycles. The van der Waals surface area contributed by atoms with Gasteiger partial charge in [-0.15, -0.1) is 0 Å². The van der Waals surface area contributed by atoms with Crippen molar-refractivity contribution in [2.45, 2.75) is 46.6 Å². The second-order valence-corrected chi connectivity index (χ2v) is 8.05. The van der Waals surface area contributed by atoms with Crippen LogP contribution in [0.3, 0.4) is 0 Å². The number of rotatable bonds is 7. The van der Waals surface area contributed by atoms with Gasteiger partial charge in [0.2, 0.25) is 17.2 Å². The fraction of sp³-hybridized carbons (Fsp3) is 0.435. The summed E-state index contributed by atoms with van der Waals surface area (Å²) in [5.41, 5.74) is 0.200. The van der Waals surface area contributed by atoms with E-state index in [1.807, 2.05) is 19.1 Å². The number of ketones is 2. The Morgan fingerprint density at radius 3 is 2.57 bits per heavy atom. The largest absolute Gasteiger partial charge is 0.443 e. The van der Waals surface area contributed by atoms with Crippen LogP contribution in [-0.2, 0) is 19.1 Å². The van der Waals surface area contributed by atoms with Crippen LogP contribution in [0.2, 0.25) is 0 Å². The number of β-amino-alcohol motifs (C(OH)–C–C–N with tert-alkyl or cyclic N) is 1. The Hall–Kier alpha value is -2.44. The Morgan fingerprint density at radius 1 is 1.33 bits per heavy atom. The molecule has 7 heteroatoms. The number of halogens is 1. The van der Waals surface area contributed by atoms with Crippen LogP contribution in [0, 0.1) is 5.92 Å². The Kier molecular flexibility index (Phi) is 7.61. The summed E-state index contributed by atoms with van der Waals surface area (Å²) in [6.45, 7) is 8.72. The quantitative estimate of drug-likeness (QED) is 0.375. The van der Waals surface area contributed by atoms with Crippen LogP contribution in [0.25, 0.3) is 0 Å². The fourth-order valence-corrected chi connectivity index (χ4v) is 3.66. The minimum Gasteiger partial charge on any atom is -0.443 e. The minimum atomic E-state index is -2.00. The molecule has 30 heavy (non-hydrogen) atoms. The molecule has 1 aliphatic carbocycles. The van der Waals surface area contributed by atoms with Crippen molar-refractivity contribution in [2.24, 2.45) is 5.92 Å². The van der Waals surface area contributed by atoms with Crippen LogP contribution >= 0.6 is 11.6 Å². The second-order valence-electron chi connectivity index (χ2n) is 7.67. The maximum atomic E-state index is 13.0. The fourth-order valence-electron chi connectivity index (χ4n) is 3.33. The molecule has 0 saturated heterocycles. The number of nitrogens with zero attached hydrogens (tertiary/aromatic N) is 1. The lowest BCUT2D eigenvalue weighted by Gasteiger charge is -2.35. The number of allylic oxidation sites excluding steroid dienone is 6. The molecule has 2 atom stereocenters. The van der Waals surface area contributed by atoms with E-state index in [0.29, 0.717) is 11.6 Å². The highest BCUT2D eigenvalue weighted by Crippen LogP contribution is 2.39. The molecule has 0 aromatic heterocycles. The highest BCUT2D eigenvalue weighted by molar-refractivity contribution is 6.49. The molecular weight excluding hydrogens is 406 g/mol. The molecule has 0 bridgehead atoms. The number of hydrogen-bond donors (Lipinski definition) is 1. The van der Waals surface area contributed by atoms with Crippen molar-refractivity contribution in [1.29, 1.82) is 0 Å². The van der Waals surface area contributed by atoms with Crippen LogP contribution in [0.15, 0.2) is 58.0 Å². The van der Waals surface area contributed by atoms with E-state index < -0.39 is 23.1 Å². The molecule has 0 spiro atoms. The highest BCUT2D eigenvalue weighted by Gasteiger charge is 2.52. The highest BCUT2D eigenvalue weighted by atomic mass is 35.5. The summed E-state index contributed by atoms with van der Waals surface area (Å²) in [5, 5.41) is 9.30. The van der Waals surface area contributed by atoms with E-state index in [4.69, 9.17) is 16.3 Å². The van der Waals surface area contributed by atoms with Crippen molar-refractivity contribution >= 4 is 29.1 Å². The summed E-state index contributed by atoms with van der Waals surface area (Å²) < 4.78 is 5.06. The van der Waals surface area contributed by atoms with Gasteiger partial charge in [-0.05, 0) is 31.9 Å². The van der Waals surface area contributed by atoms with Gasteiger partial charge in [0.15, 0.2) is 0 Å². The van der Waals surface area contributed by atoms with E-state index >= 15 is 0 Å². The first-order chi connectivity index (χ1) is 14.0. The lowest BCUT2D eigenvalue weighted by atomic mass is 9.79. The molecule has 0 saturated carbocycles. The number of Topliss-reactive ketones (excluding diaryl/α,β-unsaturated/α-hetero) is 2. The lowest BCUT2D eigenvalue weighted by Crippen LogP contribution is -2.52. The first kappa shape index (κ1) is 23.8. The van der Waals surface area contributed by atoms with Crippen molar-refractivity contribution in [1.82, 2.24) is 4.90 Å². The van der Waals surface area contributed by atoms with Crippen LogP contribution < -0.4 is 0 Å². The number of carbonyl (C=O) groups excluding carboxylic acids is 3. The molecule has 6 nitrogen and oxygen atoms in total. The third-order valence-electron chi connectivity index (χ3n) is 5.14. The summed E-state index contributed by atoms with van der Waals surface area (Å²) in [6.07, 6.45) is 10.2. The van der Waals surface area contributed by atoms with Gasteiger partial charge in [0, 0.05) is 36.5 Å². The average molecular weight is 434 g/mol. The lowest BCUT2D eigenvalue weighted by molar-refractivity contribution is -0.167.